The lowest BCUT2D eigenvalue weighted by atomic mass is 10.4. The molecule has 0 aliphatic carbocycles. The number of hydrogen-bond donors (Lipinski definition) is 1. The van der Waals surface area contributed by atoms with Crippen LogP contribution in [0.4, 0.5) is 0 Å². The standard InChI is InChI=1S/C8H10N2S/c1-4-7-6(3)11-8(10-7)5(2)9/h1,5H,9H2,2-3H3. The first-order chi connectivity index (χ1) is 5.15. The van der Waals surface area contributed by atoms with Crippen molar-refractivity contribution in [2.45, 2.75) is 19.9 Å². The minimum Gasteiger partial charge on any atom is -0.322 e. The molecular weight excluding hydrogens is 156 g/mol. The van der Waals surface area contributed by atoms with Crippen molar-refractivity contribution in [1.29, 1.82) is 0 Å². The Morgan fingerprint density at radius 2 is 2.36 bits per heavy atom. The summed E-state index contributed by atoms with van der Waals surface area (Å²) in [7, 11) is 0. The molecule has 3 heteroatoms. The summed E-state index contributed by atoms with van der Waals surface area (Å²) in [5.41, 5.74) is 6.35. The SMILES string of the molecule is C#Cc1nc(C(C)N)sc1C. The van der Waals surface area contributed by atoms with E-state index in [1.165, 1.54) is 0 Å². The topological polar surface area (TPSA) is 38.9 Å². The molecule has 0 radical (unpaired) electrons. The maximum atomic E-state index is 5.63. The van der Waals surface area contributed by atoms with Gasteiger partial charge in [0, 0.05) is 4.88 Å². The summed E-state index contributed by atoms with van der Waals surface area (Å²) >= 11 is 1.57. The zero-order chi connectivity index (χ0) is 8.43. The number of rotatable bonds is 1. The van der Waals surface area contributed by atoms with Gasteiger partial charge in [-0.3, -0.25) is 0 Å². The van der Waals surface area contributed by atoms with Crippen LogP contribution in [0, 0.1) is 19.3 Å². The molecule has 11 heavy (non-hydrogen) atoms. The lowest BCUT2D eigenvalue weighted by molar-refractivity contribution is 0.805. The molecule has 0 spiro atoms. The molecule has 1 rings (SSSR count). The molecule has 1 aromatic heterocycles. The van der Waals surface area contributed by atoms with Crippen LogP contribution in [0.5, 0.6) is 0 Å². The normalized spacial score (nSPS) is 12.5. The molecule has 0 amide bonds. The predicted molar refractivity (Wildman–Crippen MR) is 47.4 cm³/mol. The Kier molecular flexibility index (Phi) is 2.28. The predicted octanol–water partition coefficient (Wildman–Crippen LogP) is 1.45. The Labute approximate surface area is 70.5 Å². The average molecular weight is 166 g/mol. The van der Waals surface area contributed by atoms with Gasteiger partial charge in [0.05, 0.1) is 6.04 Å². The first-order valence-corrected chi connectivity index (χ1v) is 4.16. The Morgan fingerprint density at radius 3 is 2.64 bits per heavy atom. The van der Waals surface area contributed by atoms with Crippen molar-refractivity contribution >= 4 is 11.3 Å². The molecule has 1 aromatic rings. The van der Waals surface area contributed by atoms with Gasteiger partial charge in [-0.15, -0.1) is 17.8 Å². The van der Waals surface area contributed by atoms with Gasteiger partial charge >= 0.3 is 0 Å². The molecule has 2 nitrogen and oxygen atoms in total. The van der Waals surface area contributed by atoms with E-state index in [0.717, 1.165) is 15.6 Å². The van der Waals surface area contributed by atoms with Crippen LogP contribution in [0.3, 0.4) is 0 Å². The first kappa shape index (κ1) is 8.25. The van der Waals surface area contributed by atoms with E-state index >= 15 is 0 Å². The fourth-order valence-electron chi connectivity index (χ4n) is 0.746. The fraction of sp³-hybridized carbons (Fsp3) is 0.375. The van der Waals surface area contributed by atoms with Crippen LogP contribution < -0.4 is 5.73 Å². The molecule has 58 valence electrons. The highest BCUT2D eigenvalue weighted by Gasteiger charge is 2.07. The smallest absolute Gasteiger partial charge is 0.127 e. The van der Waals surface area contributed by atoms with E-state index in [4.69, 9.17) is 12.2 Å². The van der Waals surface area contributed by atoms with Crippen molar-refractivity contribution in [1.82, 2.24) is 4.98 Å². The summed E-state index contributed by atoms with van der Waals surface area (Å²) in [5.74, 6) is 2.51. The van der Waals surface area contributed by atoms with Gasteiger partial charge in [0.25, 0.3) is 0 Å². The summed E-state index contributed by atoms with van der Waals surface area (Å²) in [5, 5.41) is 0.912. The quantitative estimate of drug-likeness (QED) is 0.641. The summed E-state index contributed by atoms with van der Waals surface area (Å²) in [6.45, 7) is 3.86. The second kappa shape index (κ2) is 3.04. The van der Waals surface area contributed by atoms with Crippen LogP contribution >= 0.6 is 11.3 Å². The second-order valence-corrected chi connectivity index (χ2v) is 3.62. The monoisotopic (exact) mass is 166 g/mol. The molecule has 0 fully saturated rings. The number of aromatic nitrogens is 1. The second-order valence-electron chi connectivity index (χ2n) is 2.39. The van der Waals surface area contributed by atoms with Gasteiger partial charge in [-0.1, -0.05) is 0 Å². The third kappa shape index (κ3) is 1.59. The van der Waals surface area contributed by atoms with Crippen molar-refractivity contribution in [2.24, 2.45) is 5.73 Å². The number of thiazole rings is 1. The van der Waals surface area contributed by atoms with Gasteiger partial charge in [0.1, 0.15) is 10.7 Å². The number of terminal acetylenes is 1. The zero-order valence-electron chi connectivity index (χ0n) is 6.59. The Bertz CT molecular complexity index is 294. The molecule has 0 bridgehead atoms. The van der Waals surface area contributed by atoms with E-state index in [1.54, 1.807) is 11.3 Å². The first-order valence-electron chi connectivity index (χ1n) is 3.34. The molecule has 1 heterocycles. The van der Waals surface area contributed by atoms with E-state index in [1.807, 2.05) is 13.8 Å². The summed E-state index contributed by atoms with van der Waals surface area (Å²) < 4.78 is 0. The molecule has 0 saturated heterocycles. The van der Waals surface area contributed by atoms with Crippen molar-refractivity contribution < 1.29 is 0 Å². The summed E-state index contributed by atoms with van der Waals surface area (Å²) in [4.78, 5) is 5.25. The van der Waals surface area contributed by atoms with Crippen LogP contribution in [0.1, 0.15) is 28.5 Å². The van der Waals surface area contributed by atoms with E-state index < -0.39 is 0 Å². The summed E-state index contributed by atoms with van der Waals surface area (Å²) in [6.07, 6.45) is 5.22. The minimum atomic E-state index is -0.0131. The van der Waals surface area contributed by atoms with Crippen LogP contribution in [0.2, 0.25) is 0 Å². The fourth-order valence-corrected chi connectivity index (χ4v) is 1.58. The molecule has 0 aliphatic rings. The maximum Gasteiger partial charge on any atom is 0.127 e. The third-order valence-electron chi connectivity index (χ3n) is 1.34. The van der Waals surface area contributed by atoms with Crippen LogP contribution in [-0.2, 0) is 0 Å². The van der Waals surface area contributed by atoms with Gasteiger partial charge < -0.3 is 5.73 Å². The number of nitrogens with two attached hydrogens (primary N) is 1. The molecule has 2 N–H and O–H groups in total. The molecule has 0 aromatic carbocycles. The largest absolute Gasteiger partial charge is 0.322 e. The molecule has 0 saturated carbocycles. The van der Waals surface area contributed by atoms with Crippen LogP contribution in [0.15, 0.2) is 0 Å². The highest BCUT2D eigenvalue weighted by Crippen LogP contribution is 2.20. The Balaban J connectivity index is 3.07. The number of hydrogen-bond acceptors (Lipinski definition) is 3. The van der Waals surface area contributed by atoms with Crippen molar-refractivity contribution in [3.63, 3.8) is 0 Å². The third-order valence-corrected chi connectivity index (χ3v) is 2.51. The van der Waals surface area contributed by atoms with Gasteiger partial charge in [0.2, 0.25) is 0 Å². The van der Waals surface area contributed by atoms with E-state index in [-0.39, 0.29) is 6.04 Å². The average Bonchev–Trinajstić information content (AvgIpc) is 2.31. The van der Waals surface area contributed by atoms with Gasteiger partial charge in [-0.05, 0) is 19.8 Å². The van der Waals surface area contributed by atoms with Gasteiger partial charge in [-0.2, -0.15) is 0 Å². The lowest BCUT2D eigenvalue weighted by Crippen LogP contribution is -2.03. The Morgan fingerprint density at radius 1 is 1.73 bits per heavy atom. The van der Waals surface area contributed by atoms with Gasteiger partial charge in [-0.25, -0.2) is 4.98 Å². The van der Waals surface area contributed by atoms with Crippen molar-refractivity contribution in [2.75, 3.05) is 0 Å². The summed E-state index contributed by atoms with van der Waals surface area (Å²) in [6, 6.07) is -0.0131. The van der Waals surface area contributed by atoms with E-state index in [2.05, 4.69) is 10.9 Å². The van der Waals surface area contributed by atoms with Gasteiger partial charge in [0.15, 0.2) is 0 Å². The molecule has 1 atom stereocenters. The molecule has 0 aliphatic heterocycles. The lowest BCUT2D eigenvalue weighted by Gasteiger charge is -1.95. The minimum absolute atomic E-state index is 0.0131. The van der Waals surface area contributed by atoms with Crippen molar-refractivity contribution in [3.05, 3.63) is 15.6 Å². The van der Waals surface area contributed by atoms with E-state index in [0.29, 0.717) is 0 Å². The molecule has 1 unspecified atom stereocenters. The van der Waals surface area contributed by atoms with E-state index in [9.17, 15) is 0 Å². The molecular formula is C8H10N2S. The zero-order valence-corrected chi connectivity index (χ0v) is 7.40. The Hall–Kier alpha value is -0.850. The maximum absolute atomic E-state index is 5.63. The van der Waals surface area contributed by atoms with Crippen molar-refractivity contribution in [3.8, 4) is 12.3 Å². The highest BCUT2D eigenvalue weighted by atomic mass is 32.1. The highest BCUT2D eigenvalue weighted by molar-refractivity contribution is 7.11. The number of nitrogens with zero attached hydrogens (tertiary/aromatic N) is 1. The van der Waals surface area contributed by atoms with Crippen LogP contribution in [0.25, 0.3) is 0 Å². The van der Waals surface area contributed by atoms with Crippen LogP contribution in [-0.4, -0.2) is 4.98 Å². The number of aryl methyl sites for hydroxylation is 1.